The summed E-state index contributed by atoms with van der Waals surface area (Å²) in [5.74, 6) is -1.79. The van der Waals surface area contributed by atoms with Gasteiger partial charge in [0, 0.05) is 33.3 Å². The van der Waals surface area contributed by atoms with E-state index in [-0.39, 0.29) is 30.1 Å². The van der Waals surface area contributed by atoms with Crippen LogP contribution in [0.15, 0.2) is 0 Å². The lowest BCUT2D eigenvalue weighted by Gasteiger charge is -2.51. The largest absolute Gasteiger partial charge is 0.466 e. The molecule has 33 heavy (non-hydrogen) atoms. The third kappa shape index (κ3) is 6.47. The van der Waals surface area contributed by atoms with Gasteiger partial charge in [-0.1, -0.05) is 0 Å². The van der Waals surface area contributed by atoms with E-state index in [1.807, 2.05) is 27.7 Å². The molecule has 3 rings (SSSR count). The molecule has 0 aromatic heterocycles. The molecule has 0 amide bonds. The number of carbonyl (C=O) groups excluding carboxylic acids is 2. The summed E-state index contributed by atoms with van der Waals surface area (Å²) >= 11 is 0. The molecule has 190 valence electrons. The van der Waals surface area contributed by atoms with Crippen LogP contribution in [0.4, 0.5) is 0 Å². The van der Waals surface area contributed by atoms with Gasteiger partial charge in [-0.25, -0.2) is 4.79 Å². The van der Waals surface area contributed by atoms with Crippen molar-refractivity contribution in [2.24, 2.45) is 5.92 Å². The Hall–Kier alpha value is -1.22. The van der Waals surface area contributed by atoms with Crippen LogP contribution in [0.1, 0.15) is 79.1 Å². The van der Waals surface area contributed by atoms with E-state index in [4.69, 9.17) is 18.9 Å². The molecule has 2 aliphatic heterocycles. The van der Waals surface area contributed by atoms with Gasteiger partial charge in [-0.15, -0.1) is 0 Å². The van der Waals surface area contributed by atoms with Gasteiger partial charge in [-0.05, 0) is 79.1 Å². The molecule has 0 N–H and O–H groups in total. The van der Waals surface area contributed by atoms with Crippen molar-refractivity contribution in [1.29, 1.82) is 0 Å². The van der Waals surface area contributed by atoms with Gasteiger partial charge in [0.1, 0.15) is 5.60 Å². The summed E-state index contributed by atoms with van der Waals surface area (Å²) in [4.78, 5) is 30.5. The third-order valence-electron chi connectivity index (χ3n) is 6.96. The van der Waals surface area contributed by atoms with Crippen LogP contribution >= 0.6 is 0 Å². The number of rotatable bonds is 8. The SMILES string of the molecule is CCOC(=O)C1CCC(OC(C(=O)OC(C)(C)C)(N2CCCC2)N2CCC[C@@H](OC)C2)CC1. The van der Waals surface area contributed by atoms with Crippen LogP contribution in [0.25, 0.3) is 0 Å². The van der Waals surface area contributed by atoms with Crippen LogP contribution < -0.4 is 0 Å². The molecule has 1 aliphatic carbocycles. The molecule has 1 saturated carbocycles. The maximum atomic E-state index is 13.9. The van der Waals surface area contributed by atoms with Crippen molar-refractivity contribution in [3.63, 3.8) is 0 Å². The molecule has 0 aromatic carbocycles. The van der Waals surface area contributed by atoms with Crippen molar-refractivity contribution in [1.82, 2.24) is 9.80 Å². The number of likely N-dealkylation sites (tertiary alicyclic amines) is 2. The highest BCUT2D eigenvalue weighted by Crippen LogP contribution is 2.37. The second-order valence-corrected chi connectivity index (χ2v) is 10.6. The Balaban J connectivity index is 1.86. The Morgan fingerprint density at radius 1 is 0.879 bits per heavy atom. The Kier molecular flexibility index (Phi) is 9.17. The highest BCUT2D eigenvalue weighted by atomic mass is 16.6. The number of esters is 2. The van der Waals surface area contributed by atoms with Gasteiger partial charge in [0.15, 0.2) is 0 Å². The third-order valence-corrected chi connectivity index (χ3v) is 6.96. The number of methoxy groups -OCH3 is 1. The van der Waals surface area contributed by atoms with Crippen LogP contribution in [0, 0.1) is 5.92 Å². The smallest absolute Gasteiger partial charge is 0.371 e. The monoisotopic (exact) mass is 468 g/mol. The minimum atomic E-state index is -1.26. The number of hydrogen-bond donors (Lipinski definition) is 0. The average Bonchev–Trinajstić information content (AvgIpc) is 3.32. The quantitative estimate of drug-likeness (QED) is 0.502. The first-order valence-corrected chi connectivity index (χ1v) is 12.8. The van der Waals surface area contributed by atoms with Gasteiger partial charge in [0.05, 0.1) is 24.7 Å². The van der Waals surface area contributed by atoms with Crippen LogP contribution in [0.5, 0.6) is 0 Å². The molecule has 3 fully saturated rings. The van der Waals surface area contributed by atoms with Crippen molar-refractivity contribution in [3.8, 4) is 0 Å². The van der Waals surface area contributed by atoms with Crippen LogP contribution in [-0.4, -0.2) is 85.3 Å². The average molecular weight is 469 g/mol. The second kappa shape index (κ2) is 11.5. The van der Waals surface area contributed by atoms with Crippen molar-refractivity contribution in [3.05, 3.63) is 0 Å². The van der Waals surface area contributed by atoms with Gasteiger partial charge in [0.2, 0.25) is 0 Å². The molecule has 0 radical (unpaired) electrons. The van der Waals surface area contributed by atoms with Crippen molar-refractivity contribution in [2.45, 2.75) is 103 Å². The van der Waals surface area contributed by atoms with Crippen LogP contribution in [-0.2, 0) is 28.5 Å². The van der Waals surface area contributed by atoms with E-state index in [0.717, 1.165) is 58.2 Å². The Morgan fingerprint density at radius 2 is 1.52 bits per heavy atom. The molecule has 1 unspecified atom stereocenters. The standard InChI is InChI=1S/C25H44N2O6/c1-6-31-22(28)19-11-13-20(14-12-19)32-25(26-15-7-8-16-26,23(29)33-24(2,3)4)27-17-9-10-21(18-27)30-5/h19-21H,6-18H2,1-5H3/t19?,20?,21-,25?/m1/s1. The molecule has 8 heteroatoms. The van der Waals surface area contributed by atoms with E-state index in [1.165, 1.54) is 0 Å². The Labute approximate surface area is 199 Å². The first-order chi connectivity index (χ1) is 15.7. The zero-order valence-corrected chi connectivity index (χ0v) is 21.3. The zero-order valence-electron chi connectivity index (χ0n) is 21.3. The van der Waals surface area contributed by atoms with Crippen LogP contribution in [0.3, 0.4) is 0 Å². The first-order valence-electron chi connectivity index (χ1n) is 12.8. The summed E-state index contributed by atoms with van der Waals surface area (Å²) in [6, 6.07) is 0. The second-order valence-electron chi connectivity index (χ2n) is 10.6. The van der Waals surface area contributed by atoms with E-state index in [0.29, 0.717) is 26.0 Å². The minimum Gasteiger partial charge on any atom is -0.466 e. The van der Waals surface area contributed by atoms with Gasteiger partial charge < -0.3 is 18.9 Å². The summed E-state index contributed by atoms with van der Waals surface area (Å²) in [5, 5.41) is 0. The summed E-state index contributed by atoms with van der Waals surface area (Å²) in [5.41, 5.74) is -0.622. The van der Waals surface area contributed by atoms with Crippen molar-refractivity contribution in [2.75, 3.05) is 39.9 Å². The van der Waals surface area contributed by atoms with Crippen molar-refractivity contribution >= 4 is 11.9 Å². The van der Waals surface area contributed by atoms with Gasteiger partial charge >= 0.3 is 11.9 Å². The zero-order chi connectivity index (χ0) is 24.1. The topological polar surface area (TPSA) is 77.5 Å². The maximum absolute atomic E-state index is 13.9. The number of nitrogens with zero attached hydrogens (tertiary/aromatic N) is 2. The lowest BCUT2D eigenvalue weighted by molar-refractivity contribution is -0.283. The molecule has 0 aromatic rings. The van der Waals surface area contributed by atoms with E-state index in [9.17, 15) is 9.59 Å². The molecule has 8 nitrogen and oxygen atoms in total. The van der Waals surface area contributed by atoms with Crippen molar-refractivity contribution < 1.29 is 28.5 Å². The maximum Gasteiger partial charge on any atom is 0.371 e. The van der Waals surface area contributed by atoms with E-state index < -0.39 is 11.4 Å². The first kappa shape index (κ1) is 26.4. The fraction of sp³-hybridized carbons (Fsp3) is 0.920. The summed E-state index contributed by atoms with van der Waals surface area (Å²) in [7, 11) is 1.73. The summed E-state index contributed by atoms with van der Waals surface area (Å²) < 4.78 is 23.8. The van der Waals surface area contributed by atoms with E-state index >= 15 is 0 Å². The number of hydrogen-bond acceptors (Lipinski definition) is 8. The van der Waals surface area contributed by atoms with E-state index in [2.05, 4.69) is 9.80 Å². The fourth-order valence-corrected chi connectivity index (χ4v) is 5.33. The Morgan fingerprint density at radius 3 is 2.09 bits per heavy atom. The molecule has 2 atom stereocenters. The Bertz CT molecular complexity index is 652. The van der Waals surface area contributed by atoms with Gasteiger partial charge in [-0.3, -0.25) is 14.6 Å². The van der Waals surface area contributed by atoms with E-state index in [1.54, 1.807) is 7.11 Å². The molecule has 0 bridgehead atoms. The molecule has 3 aliphatic rings. The number of ether oxygens (including phenoxy) is 4. The molecule has 2 heterocycles. The highest BCUT2D eigenvalue weighted by molar-refractivity contribution is 5.79. The summed E-state index contributed by atoms with van der Waals surface area (Å²) in [6.45, 7) is 10.9. The summed E-state index contributed by atoms with van der Waals surface area (Å²) in [6.07, 6.45) is 6.81. The molecular weight excluding hydrogens is 424 g/mol. The lowest BCUT2D eigenvalue weighted by Crippen LogP contribution is -2.70. The lowest BCUT2D eigenvalue weighted by atomic mass is 9.87. The highest BCUT2D eigenvalue weighted by Gasteiger charge is 2.56. The predicted octanol–water partition coefficient (Wildman–Crippen LogP) is 3.33. The normalized spacial score (nSPS) is 29.4. The molecule has 2 saturated heterocycles. The minimum absolute atomic E-state index is 0.0614. The molecule has 0 spiro atoms. The fourth-order valence-electron chi connectivity index (χ4n) is 5.33. The molecular formula is C25H44N2O6. The van der Waals surface area contributed by atoms with Gasteiger partial charge in [0.25, 0.3) is 5.85 Å². The van der Waals surface area contributed by atoms with Gasteiger partial charge in [-0.2, -0.15) is 0 Å². The van der Waals surface area contributed by atoms with Crippen LogP contribution in [0.2, 0.25) is 0 Å². The number of carbonyl (C=O) groups is 2. The number of piperidine rings is 1. The predicted molar refractivity (Wildman–Crippen MR) is 124 cm³/mol.